The molecule has 0 aromatic rings. The number of alkyl halides is 2. The molecule has 0 spiro atoms. The Labute approximate surface area is 245 Å². The molecule has 10 heteroatoms. The highest BCUT2D eigenvalue weighted by molar-refractivity contribution is 6.36. The van der Waals surface area contributed by atoms with E-state index in [1.165, 1.54) is 12.8 Å². The van der Waals surface area contributed by atoms with Gasteiger partial charge in [0.2, 0.25) is 17.6 Å². The molecule has 2 aliphatic carbocycles. The zero-order chi connectivity index (χ0) is 31.5. The normalized spacial score (nSPS) is 21.7. The molecule has 8 nitrogen and oxygen atoms in total. The van der Waals surface area contributed by atoms with Crippen LogP contribution < -0.4 is 11.1 Å². The largest absolute Gasteiger partial charge is 0.444 e. The average molecular weight is 586 g/mol. The van der Waals surface area contributed by atoms with Crippen LogP contribution >= 0.6 is 0 Å². The number of carbonyl (C=O) groups is 4. The minimum Gasteiger partial charge on any atom is -0.444 e. The Morgan fingerprint density at radius 3 is 2.10 bits per heavy atom. The number of rotatable bonds is 9. The van der Waals surface area contributed by atoms with Gasteiger partial charge < -0.3 is 20.7 Å². The molecule has 0 aromatic heterocycles. The molecule has 3 unspecified atom stereocenters. The number of nitrogens with zero attached hydrogens (tertiary/aromatic N) is 1. The first kappa shape index (κ1) is 36.5. The van der Waals surface area contributed by atoms with E-state index in [0.29, 0.717) is 12.5 Å². The first-order chi connectivity index (χ1) is 19.0. The second-order valence-corrected chi connectivity index (χ2v) is 12.3. The number of alkyl carbamates (subject to hydrolysis) is 1. The van der Waals surface area contributed by atoms with Gasteiger partial charge in [0, 0.05) is 25.3 Å². The number of likely N-dealkylation sites (tertiary alicyclic amines) is 1. The molecule has 1 saturated heterocycles. The summed E-state index contributed by atoms with van der Waals surface area (Å²) in [6.45, 7) is 17.7. The van der Waals surface area contributed by atoms with Gasteiger partial charge >= 0.3 is 6.09 Å². The first-order valence-electron chi connectivity index (χ1n) is 15.2. The molecular weight excluding hydrogens is 532 g/mol. The zero-order valence-electron chi connectivity index (χ0n) is 26.2. The highest BCUT2D eigenvalue weighted by Gasteiger charge is 2.43. The average Bonchev–Trinajstić information content (AvgIpc) is 3.57. The van der Waals surface area contributed by atoms with Crippen LogP contribution in [0.1, 0.15) is 113 Å². The highest BCUT2D eigenvalue weighted by Crippen LogP contribution is 2.39. The number of hydrogen-bond acceptors (Lipinski definition) is 5. The van der Waals surface area contributed by atoms with Gasteiger partial charge in [0.25, 0.3) is 5.91 Å². The third-order valence-electron chi connectivity index (χ3n) is 7.71. The molecule has 3 fully saturated rings. The summed E-state index contributed by atoms with van der Waals surface area (Å²) < 4.78 is 32.6. The van der Waals surface area contributed by atoms with Crippen LogP contribution in [0, 0.1) is 17.8 Å². The lowest BCUT2D eigenvalue weighted by molar-refractivity contribution is -0.138. The number of Topliss-reactive ketones (excluding diaryl/α,β-unsaturated/α-hetero) is 1. The van der Waals surface area contributed by atoms with Crippen LogP contribution in [0.4, 0.5) is 13.6 Å². The molecule has 3 N–H and O–H groups in total. The number of primary amides is 1. The maximum Gasteiger partial charge on any atom is 0.408 e. The maximum atomic E-state index is 13.6. The molecule has 3 rings (SSSR count). The number of halogens is 2. The van der Waals surface area contributed by atoms with Crippen molar-refractivity contribution in [3.05, 3.63) is 12.2 Å². The molecule has 2 saturated carbocycles. The van der Waals surface area contributed by atoms with E-state index in [1.54, 1.807) is 32.6 Å². The van der Waals surface area contributed by atoms with Crippen LogP contribution in [-0.2, 0) is 19.1 Å². The molecule has 3 amide bonds. The van der Waals surface area contributed by atoms with Gasteiger partial charge in [-0.05, 0) is 71.1 Å². The third kappa shape index (κ3) is 12.5. The second-order valence-electron chi connectivity index (χ2n) is 12.3. The van der Waals surface area contributed by atoms with Crippen molar-refractivity contribution in [2.24, 2.45) is 23.5 Å². The van der Waals surface area contributed by atoms with E-state index in [4.69, 9.17) is 10.5 Å². The molecule has 3 atom stereocenters. The zero-order valence-corrected chi connectivity index (χ0v) is 26.2. The summed E-state index contributed by atoms with van der Waals surface area (Å²) in [6.07, 6.45) is 4.93. The summed E-state index contributed by atoms with van der Waals surface area (Å²) in [6, 6.07) is -0.901. The topological polar surface area (TPSA) is 119 Å². The van der Waals surface area contributed by atoms with Crippen molar-refractivity contribution < 1.29 is 32.7 Å². The highest BCUT2D eigenvalue weighted by atomic mass is 19.3. The Bertz CT molecular complexity index is 904. The standard InChI is InChI=1S/C21H34F2N2O3.C8H13NO2.C2H6/c1-6-14(2)16-8-7-13-25(16)18(26)17(24-19(27)28-20(3,4)5)15-9-11-21(22,23)12-10-15;1-5(4-6-2-3-6)7(10)8(9)11;1-2/h15-17H,2,6-13H2,1,3-5H3,(H,24,27);5-6H,2-4H2,1H3,(H2,9,11);1-2H3. The number of carbonyl (C=O) groups excluding carboxylic acids is 4. The fraction of sp³-hybridized carbons (Fsp3) is 0.806. The van der Waals surface area contributed by atoms with Crippen LogP contribution in [0.15, 0.2) is 12.2 Å². The molecule has 1 aliphatic heterocycles. The number of ketones is 1. The van der Waals surface area contributed by atoms with Crippen molar-refractivity contribution in [3.63, 3.8) is 0 Å². The Morgan fingerprint density at radius 1 is 1.07 bits per heavy atom. The van der Waals surface area contributed by atoms with E-state index in [9.17, 15) is 28.0 Å². The lowest BCUT2D eigenvalue weighted by Gasteiger charge is -2.37. The van der Waals surface area contributed by atoms with E-state index >= 15 is 0 Å². The predicted octanol–water partition coefficient (Wildman–Crippen LogP) is 6.17. The Balaban J connectivity index is 0.000000538. The number of nitrogens with one attached hydrogen (secondary N) is 1. The van der Waals surface area contributed by atoms with E-state index in [-0.39, 0.29) is 49.5 Å². The molecule has 0 radical (unpaired) electrons. The van der Waals surface area contributed by atoms with Crippen LogP contribution in [0.2, 0.25) is 0 Å². The van der Waals surface area contributed by atoms with Gasteiger partial charge in [0.1, 0.15) is 11.6 Å². The van der Waals surface area contributed by atoms with E-state index in [1.807, 2.05) is 20.8 Å². The number of nitrogens with two attached hydrogens (primary N) is 1. The minimum absolute atomic E-state index is 0.0505. The van der Waals surface area contributed by atoms with Gasteiger partial charge in [-0.2, -0.15) is 0 Å². The van der Waals surface area contributed by atoms with Crippen molar-refractivity contribution in [1.82, 2.24) is 10.2 Å². The van der Waals surface area contributed by atoms with Gasteiger partial charge in [-0.3, -0.25) is 14.4 Å². The monoisotopic (exact) mass is 585 g/mol. The van der Waals surface area contributed by atoms with Gasteiger partial charge in [-0.15, -0.1) is 0 Å². The van der Waals surface area contributed by atoms with Crippen molar-refractivity contribution in [1.29, 1.82) is 0 Å². The van der Waals surface area contributed by atoms with Crippen LogP contribution in [0.5, 0.6) is 0 Å². The Kier molecular flexibility index (Phi) is 14.4. The lowest BCUT2D eigenvalue weighted by atomic mass is 9.81. The fourth-order valence-electron chi connectivity index (χ4n) is 5.28. The number of amides is 3. The summed E-state index contributed by atoms with van der Waals surface area (Å²) in [7, 11) is 0. The number of hydrogen-bond donors (Lipinski definition) is 2. The van der Waals surface area contributed by atoms with Crippen LogP contribution in [0.3, 0.4) is 0 Å². The molecule has 41 heavy (non-hydrogen) atoms. The summed E-state index contributed by atoms with van der Waals surface area (Å²) in [5, 5.41) is 2.70. The van der Waals surface area contributed by atoms with E-state index in [0.717, 1.165) is 31.3 Å². The summed E-state index contributed by atoms with van der Waals surface area (Å²) in [4.78, 5) is 48.8. The molecule has 0 bridgehead atoms. The minimum atomic E-state index is -2.69. The quantitative estimate of drug-likeness (QED) is 0.248. The first-order valence-corrected chi connectivity index (χ1v) is 15.2. The third-order valence-corrected chi connectivity index (χ3v) is 7.71. The van der Waals surface area contributed by atoms with Gasteiger partial charge in [0.15, 0.2) is 0 Å². The lowest BCUT2D eigenvalue weighted by Crippen LogP contribution is -2.55. The maximum absolute atomic E-state index is 13.6. The van der Waals surface area contributed by atoms with Gasteiger partial charge in [-0.1, -0.05) is 52.7 Å². The fourth-order valence-corrected chi connectivity index (χ4v) is 5.28. The Hall–Kier alpha value is -2.52. The summed E-state index contributed by atoms with van der Waals surface area (Å²) in [5.74, 6) is -3.93. The van der Waals surface area contributed by atoms with Crippen molar-refractivity contribution in [2.75, 3.05) is 6.54 Å². The van der Waals surface area contributed by atoms with E-state index in [2.05, 4.69) is 11.9 Å². The van der Waals surface area contributed by atoms with Crippen molar-refractivity contribution in [2.45, 2.75) is 136 Å². The molecule has 0 aromatic carbocycles. The second kappa shape index (κ2) is 16.2. The summed E-state index contributed by atoms with van der Waals surface area (Å²) >= 11 is 0. The molecule has 1 heterocycles. The number of ether oxygens (including phenoxy) is 1. The SMILES string of the molecule is C=C(CC)C1CCCN1C(=O)C(NC(=O)OC(C)(C)C)C1CCC(F)(F)CC1.CC.CC(CC1CC1)C(=O)C(N)=O. The predicted molar refractivity (Wildman–Crippen MR) is 156 cm³/mol. The van der Waals surface area contributed by atoms with E-state index < -0.39 is 35.3 Å². The van der Waals surface area contributed by atoms with Crippen molar-refractivity contribution >= 4 is 23.7 Å². The molecular formula is C31H53F2N3O5. The van der Waals surface area contributed by atoms with Crippen LogP contribution in [0.25, 0.3) is 0 Å². The van der Waals surface area contributed by atoms with Gasteiger partial charge in [-0.25, -0.2) is 13.6 Å². The molecule has 236 valence electrons. The Morgan fingerprint density at radius 2 is 1.63 bits per heavy atom. The van der Waals surface area contributed by atoms with Crippen LogP contribution in [-0.4, -0.2) is 58.7 Å². The van der Waals surface area contributed by atoms with Crippen molar-refractivity contribution in [3.8, 4) is 0 Å². The van der Waals surface area contributed by atoms with Gasteiger partial charge in [0.05, 0.1) is 6.04 Å². The summed E-state index contributed by atoms with van der Waals surface area (Å²) in [5.41, 5.74) is 5.12. The smallest absolute Gasteiger partial charge is 0.408 e. The molecule has 3 aliphatic rings.